The lowest BCUT2D eigenvalue weighted by atomic mass is 10.2. The van der Waals surface area contributed by atoms with Crippen LogP contribution in [0.15, 0.2) is 52.7 Å². The van der Waals surface area contributed by atoms with E-state index in [0.29, 0.717) is 11.4 Å². The van der Waals surface area contributed by atoms with E-state index in [4.69, 9.17) is 5.26 Å². The van der Waals surface area contributed by atoms with E-state index in [2.05, 4.69) is 15.5 Å². The minimum absolute atomic E-state index is 0.113. The van der Waals surface area contributed by atoms with Crippen LogP contribution in [-0.4, -0.2) is 11.5 Å². The molecule has 0 aliphatic heterocycles. The van der Waals surface area contributed by atoms with Gasteiger partial charge in [-0.25, -0.2) is 0 Å². The number of nitriles is 1. The molecule has 7 nitrogen and oxygen atoms in total. The SMILES string of the molecule is CCNc1ccc(/N=N/c2ccc([N+](=O)[O-])cc2C#N)cc1. The van der Waals surface area contributed by atoms with Crippen molar-refractivity contribution in [1.29, 1.82) is 5.26 Å². The number of nitrogens with zero attached hydrogens (tertiary/aromatic N) is 4. The van der Waals surface area contributed by atoms with Crippen molar-refractivity contribution in [1.82, 2.24) is 0 Å². The smallest absolute Gasteiger partial charge is 0.270 e. The summed E-state index contributed by atoms with van der Waals surface area (Å²) in [5.41, 5.74) is 1.87. The molecule has 7 heteroatoms. The maximum absolute atomic E-state index is 10.7. The molecule has 0 atom stereocenters. The number of rotatable bonds is 5. The Labute approximate surface area is 127 Å². The zero-order chi connectivity index (χ0) is 15.9. The van der Waals surface area contributed by atoms with Gasteiger partial charge in [0.05, 0.1) is 16.2 Å². The minimum atomic E-state index is -0.554. The second-order valence-electron chi connectivity index (χ2n) is 4.35. The molecule has 1 N–H and O–H groups in total. The summed E-state index contributed by atoms with van der Waals surface area (Å²) in [4.78, 5) is 10.1. The van der Waals surface area contributed by atoms with E-state index in [1.54, 1.807) is 12.1 Å². The highest BCUT2D eigenvalue weighted by atomic mass is 16.6. The topological polar surface area (TPSA) is 104 Å². The average molecular weight is 295 g/mol. The Kier molecular flexibility index (Phi) is 4.78. The highest BCUT2D eigenvalue weighted by Crippen LogP contribution is 2.26. The number of benzene rings is 2. The second kappa shape index (κ2) is 6.95. The molecule has 0 saturated carbocycles. The number of azo groups is 1. The van der Waals surface area contributed by atoms with Gasteiger partial charge in [-0.15, -0.1) is 5.11 Å². The van der Waals surface area contributed by atoms with Crippen LogP contribution in [0.1, 0.15) is 12.5 Å². The fourth-order valence-electron chi connectivity index (χ4n) is 1.78. The zero-order valence-corrected chi connectivity index (χ0v) is 11.9. The van der Waals surface area contributed by atoms with Crippen molar-refractivity contribution in [3.05, 3.63) is 58.1 Å². The van der Waals surface area contributed by atoms with E-state index in [9.17, 15) is 10.1 Å². The standard InChI is InChI=1S/C15H13N5O2/c1-2-17-12-3-5-13(6-4-12)18-19-15-8-7-14(20(21)22)9-11(15)10-16/h3-9,17H,2H2,1H3/b19-18+. The number of nitro groups is 1. The Morgan fingerprint density at radius 3 is 2.55 bits per heavy atom. The number of anilines is 1. The second-order valence-corrected chi connectivity index (χ2v) is 4.35. The van der Waals surface area contributed by atoms with Gasteiger partial charge in [0, 0.05) is 24.4 Å². The van der Waals surface area contributed by atoms with Crippen molar-refractivity contribution in [3.63, 3.8) is 0 Å². The first-order valence-electron chi connectivity index (χ1n) is 6.58. The molecule has 0 saturated heterocycles. The molecular weight excluding hydrogens is 282 g/mol. The summed E-state index contributed by atoms with van der Waals surface area (Å²) < 4.78 is 0. The molecular formula is C15H13N5O2. The maximum atomic E-state index is 10.7. The van der Waals surface area contributed by atoms with Gasteiger partial charge >= 0.3 is 0 Å². The van der Waals surface area contributed by atoms with E-state index in [-0.39, 0.29) is 11.3 Å². The third kappa shape index (κ3) is 3.64. The van der Waals surface area contributed by atoms with Crippen molar-refractivity contribution in [2.45, 2.75) is 6.92 Å². The third-order valence-electron chi connectivity index (χ3n) is 2.83. The quantitative estimate of drug-likeness (QED) is 0.504. The van der Waals surface area contributed by atoms with Gasteiger partial charge in [-0.1, -0.05) is 0 Å². The molecule has 0 amide bonds. The van der Waals surface area contributed by atoms with Crippen LogP contribution in [0, 0.1) is 21.4 Å². The Morgan fingerprint density at radius 2 is 1.95 bits per heavy atom. The summed E-state index contributed by atoms with van der Waals surface area (Å²) in [7, 11) is 0. The molecule has 0 aromatic heterocycles. The third-order valence-corrected chi connectivity index (χ3v) is 2.83. The molecule has 110 valence electrons. The molecule has 0 aliphatic carbocycles. The molecule has 0 heterocycles. The van der Waals surface area contributed by atoms with Crippen LogP contribution in [0.25, 0.3) is 0 Å². The zero-order valence-electron chi connectivity index (χ0n) is 11.9. The van der Waals surface area contributed by atoms with Crippen LogP contribution in [0.2, 0.25) is 0 Å². The van der Waals surface area contributed by atoms with Crippen LogP contribution in [0.3, 0.4) is 0 Å². The molecule has 0 fully saturated rings. The summed E-state index contributed by atoms with van der Waals surface area (Å²) >= 11 is 0. The Morgan fingerprint density at radius 1 is 1.23 bits per heavy atom. The van der Waals surface area contributed by atoms with Crippen molar-refractivity contribution in [3.8, 4) is 6.07 Å². The molecule has 2 aromatic rings. The fourth-order valence-corrected chi connectivity index (χ4v) is 1.78. The van der Waals surface area contributed by atoms with Gasteiger partial charge in [-0.05, 0) is 37.3 Å². The first kappa shape index (κ1) is 15.1. The maximum Gasteiger partial charge on any atom is 0.270 e. The Bertz CT molecular complexity index is 748. The molecule has 2 aromatic carbocycles. The van der Waals surface area contributed by atoms with Gasteiger partial charge in [0.25, 0.3) is 5.69 Å². The number of hydrogen-bond acceptors (Lipinski definition) is 6. The first-order chi connectivity index (χ1) is 10.6. The Hall–Kier alpha value is -3.27. The van der Waals surface area contributed by atoms with Crippen molar-refractivity contribution in [2.75, 3.05) is 11.9 Å². The van der Waals surface area contributed by atoms with E-state index in [1.807, 2.05) is 25.1 Å². The summed E-state index contributed by atoms with van der Waals surface area (Å²) in [5.74, 6) is 0. The molecule has 2 rings (SSSR count). The average Bonchev–Trinajstić information content (AvgIpc) is 2.54. The molecule has 0 spiro atoms. The van der Waals surface area contributed by atoms with E-state index in [1.165, 1.54) is 18.2 Å². The van der Waals surface area contributed by atoms with Gasteiger partial charge in [0.1, 0.15) is 11.8 Å². The van der Waals surface area contributed by atoms with Gasteiger partial charge in [0.15, 0.2) is 0 Å². The summed E-state index contributed by atoms with van der Waals surface area (Å²) in [6, 6.07) is 13.1. The lowest BCUT2D eigenvalue weighted by molar-refractivity contribution is -0.384. The summed E-state index contributed by atoms with van der Waals surface area (Å²) in [5, 5.41) is 30.9. The van der Waals surface area contributed by atoms with Crippen LogP contribution in [0.4, 0.5) is 22.7 Å². The van der Waals surface area contributed by atoms with Gasteiger partial charge < -0.3 is 5.32 Å². The first-order valence-corrected chi connectivity index (χ1v) is 6.58. The number of nitrogens with one attached hydrogen (secondary N) is 1. The number of nitro benzene ring substituents is 1. The normalized spacial score (nSPS) is 10.4. The number of hydrogen-bond donors (Lipinski definition) is 1. The molecule has 0 bridgehead atoms. The van der Waals surface area contributed by atoms with Crippen LogP contribution < -0.4 is 5.32 Å². The molecule has 22 heavy (non-hydrogen) atoms. The van der Waals surface area contributed by atoms with Crippen molar-refractivity contribution >= 4 is 22.7 Å². The molecule has 0 unspecified atom stereocenters. The predicted octanol–water partition coefficient (Wildman–Crippen LogP) is 4.31. The monoisotopic (exact) mass is 295 g/mol. The highest BCUT2D eigenvalue weighted by molar-refractivity contribution is 5.58. The summed E-state index contributed by atoms with van der Waals surface area (Å²) in [6.07, 6.45) is 0. The van der Waals surface area contributed by atoms with E-state index >= 15 is 0 Å². The van der Waals surface area contributed by atoms with Crippen LogP contribution >= 0.6 is 0 Å². The molecule has 0 radical (unpaired) electrons. The number of non-ortho nitro benzene ring substituents is 1. The predicted molar refractivity (Wildman–Crippen MR) is 82.6 cm³/mol. The molecule has 0 aliphatic rings. The van der Waals surface area contributed by atoms with Gasteiger partial charge in [-0.2, -0.15) is 10.4 Å². The lowest BCUT2D eigenvalue weighted by Crippen LogP contribution is -1.94. The lowest BCUT2D eigenvalue weighted by Gasteiger charge is -2.02. The largest absolute Gasteiger partial charge is 0.385 e. The Balaban J connectivity index is 2.22. The van der Waals surface area contributed by atoms with Crippen LogP contribution in [0.5, 0.6) is 0 Å². The minimum Gasteiger partial charge on any atom is -0.385 e. The van der Waals surface area contributed by atoms with Crippen LogP contribution in [-0.2, 0) is 0 Å². The van der Waals surface area contributed by atoms with Gasteiger partial charge in [-0.3, -0.25) is 10.1 Å². The highest BCUT2D eigenvalue weighted by Gasteiger charge is 2.10. The van der Waals surface area contributed by atoms with Crippen molar-refractivity contribution < 1.29 is 4.92 Å². The van der Waals surface area contributed by atoms with Crippen molar-refractivity contribution in [2.24, 2.45) is 10.2 Å². The van der Waals surface area contributed by atoms with E-state index in [0.717, 1.165) is 12.2 Å². The van der Waals surface area contributed by atoms with Gasteiger partial charge in [0.2, 0.25) is 0 Å². The fraction of sp³-hybridized carbons (Fsp3) is 0.133. The van der Waals surface area contributed by atoms with E-state index < -0.39 is 4.92 Å². The summed E-state index contributed by atoms with van der Waals surface area (Å²) in [6.45, 7) is 2.83.